The Morgan fingerprint density at radius 1 is 1.24 bits per heavy atom. The maximum absolute atomic E-state index is 12.8. The molecule has 1 atom stereocenters. The topological polar surface area (TPSA) is 35.6 Å². The molecular weight excluding hydrogens is 310 g/mol. The van der Waals surface area contributed by atoms with Gasteiger partial charge < -0.3 is 15.1 Å². The van der Waals surface area contributed by atoms with Crippen LogP contribution in [0.25, 0.3) is 0 Å². The Labute approximate surface area is 151 Å². The van der Waals surface area contributed by atoms with Crippen LogP contribution < -0.4 is 5.32 Å². The molecule has 0 spiro atoms. The largest absolute Gasteiger partial charge is 0.337 e. The van der Waals surface area contributed by atoms with Gasteiger partial charge in [-0.2, -0.15) is 0 Å². The molecule has 2 aliphatic rings. The van der Waals surface area contributed by atoms with Gasteiger partial charge in [-0.15, -0.1) is 0 Å². The first-order chi connectivity index (χ1) is 12.1. The van der Waals surface area contributed by atoms with Crippen LogP contribution in [-0.4, -0.2) is 55.1 Å². The predicted octanol–water partition coefficient (Wildman–Crippen LogP) is 3.40. The van der Waals surface area contributed by atoms with Crippen LogP contribution in [0.4, 0.5) is 4.79 Å². The highest BCUT2D eigenvalue weighted by atomic mass is 16.2. The van der Waals surface area contributed by atoms with Crippen molar-refractivity contribution in [1.29, 1.82) is 0 Å². The van der Waals surface area contributed by atoms with E-state index in [0.29, 0.717) is 0 Å². The maximum atomic E-state index is 12.8. The number of likely N-dealkylation sites (tertiary alicyclic amines) is 1. The number of amides is 2. The van der Waals surface area contributed by atoms with E-state index in [1.165, 1.54) is 5.56 Å². The van der Waals surface area contributed by atoms with E-state index in [4.69, 9.17) is 0 Å². The van der Waals surface area contributed by atoms with Crippen molar-refractivity contribution in [2.45, 2.75) is 44.1 Å². The van der Waals surface area contributed by atoms with Gasteiger partial charge in [-0.05, 0) is 45.0 Å². The second kappa shape index (κ2) is 8.05. The van der Waals surface area contributed by atoms with Gasteiger partial charge in [-0.3, -0.25) is 0 Å². The molecule has 1 fully saturated rings. The quantitative estimate of drug-likeness (QED) is 0.833. The van der Waals surface area contributed by atoms with Gasteiger partial charge in [0.1, 0.15) is 0 Å². The van der Waals surface area contributed by atoms with E-state index < -0.39 is 0 Å². The molecule has 1 aromatic rings. The number of carbonyl (C=O) groups is 1. The third-order valence-electron chi connectivity index (χ3n) is 5.81. The Morgan fingerprint density at radius 2 is 1.96 bits per heavy atom. The minimum atomic E-state index is 0.0524. The normalized spacial score (nSPS) is 23.0. The number of urea groups is 1. The van der Waals surface area contributed by atoms with Crippen LogP contribution in [0.5, 0.6) is 0 Å². The fourth-order valence-electron chi connectivity index (χ4n) is 4.10. The van der Waals surface area contributed by atoms with Crippen LogP contribution in [0.15, 0.2) is 42.5 Å². The van der Waals surface area contributed by atoms with Crippen molar-refractivity contribution in [3.05, 3.63) is 48.0 Å². The summed E-state index contributed by atoms with van der Waals surface area (Å²) in [6.07, 6.45) is 8.60. The highest BCUT2D eigenvalue weighted by molar-refractivity contribution is 5.75. The number of carbonyl (C=O) groups excluding carboxylic acids is 1. The zero-order valence-corrected chi connectivity index (χ0v) is 15.6. The van der Waals surface area contributed by atoms with Crippen molar-refractivity contribution in [1.82, 2.24) is 15.1 Å². The molecule has 2 amide bonds. The highest BCUT2D eigenvalue weighted by Gasteiger charge is 2.36. The smallest absolute Gasteiger partial charge is 0.318 e. The first kappa shape index (κ1) is 18.0. The third-order valence-corrected chi connectivity index (χ3v) is 5.81. The van der Waals surface area contributed by atoms with Crippen LogP contribution in [-0.2, 0) is 5.41 Å². The molecule has 2 aliphatic heterocycles. The molecule has 1 saturated heterocycles. The lowest BCUT2D eigenvalue weighted by molar-refractivity contribution is 0.168. The van der Waals surface area contributed by atoms with Crippen molar-refractivity contribution in [2.24, 2.45) is 0 Å². The second-order valence-corrected chi connectivity index (χ2v) is 7.54. The van der Waals surface area contributed by atoms with Crippen molar-refractivity contribution >= 4 is 6.03 Å². The van der Waals surface area contributed by atoms with Crippen molar-refractivity contribution in [3.8, 4) is 0 Å². The lowest BCUT2D eigenvalue weighted by Gasteiger charge is -2.41. The Bertz CT molecular complexity index is 590. The standard InChI is InChI=1S/C21H31N3O/c1-3-8-19-11-7-14-24(19)20(25)22-17-21(12-15-23(2)16-13-21)18-9-5-4-6-10-18/h4-7,9-11,19H,3,8,12-17H2,1-2H3,(H,22,25). The number of nitrogens with zero attached hydrogens (tertiary/aromatic N) is 2. The Balaban J connectivity index is 1.68. The molecule has 1 N–H and O–H groups in total. The van der Waals surface area contributed by atoms with Crippen LogP contribution in [0.2, 0.25) is 0 Å². The highest BCUT2D eigenvalue weighted by Crippen LogP contribution is 2.34. The van der Waals surface area contributed by atoms with Gasteiger partial charge in [-0.25, -0.2) is 4.79 Å². The lowest BCUT2D eigenvalue weighted by atomic mass is 9.72. The van der Waals surface area contributed by atoms with Crippen molar-refractivity contribution < 1.29 is 4.79 Å². The number of piperidine rings is 1. The van der Waals surface area contributed by atoms with E-state index in [1.807, 2.05) is 4.90 Å². The fourth-order valence-corrected chi connectivity index (χ4v) is 4.10. The first-order valence-electron chi connectivity index (χ1n) is 9.60. The molecule has 1 aromatic carbocycles. The average Bonchev–Trinajstić information content (AvgIpc) is 3.11. The number of benzene rings is 1. The van der Waals surface area contributed by atoms with Gasteiger partial charge in [0.2, 0.25) is 0 Å². The predicted molar refractivity (Wildman–Crippen MR) is 103 cm³/mol. The molecule has 1 unspecified atom stereocenters. The van der Waals surface area contributed by atoms with Crippen molar-refractivity contribution in [3.63, 3.8) is 0 Å². The molecule has 0 radical (unpaired) electrons. The van der Waals surface area contributed by atoms with Gasteiger partial charge in [0.05, 0.1) is 6.04 Å². The summed E-state index contributed by atoms with van der Waals surface area (Å²) in [6.45, 7) is 5.78. The molecule has 0 saturated carbocycles. The summed E-state index contributed by atoms with van der Waals surface area (Å²) in [5, 5.41) is 3.27. The summed E-state index contributed by atoms with van der Waals surface area (Å²) in [5.74, 6) is 0. The van der Waals surface area contributed by atoms with Gasteiger partial charge in [0.15, 0.2) is 0 Å². The third kappa shape index (κ3) is 4.06. The summed E-state index contributed by atoms with van der Waals surface area (Å²) < 4.78 is 0. The number of hydrogen-bond acceptors (Lipinski definition) is 2. The monoisotopic (exact) mass is 341 g/mol. The first-order valence-corrected chi connectivity index (χ1v) is 9.60. The lowest BCUT2D eigenvalue weighted by Crippen LogP contribution is -2.51. The summed E-state index contributed by atoms with van der Waals surface area (Å²) in [6, 6.07) is 11.1. The minimum absolute atomic E-state index is 0.0524. The second-order valence-electron chi connectivity index (χ2n) is 7.54. The minimum Gasteiger partial charge on any atom is -0.337 e. The molecule has 3 rings (SSSR count). The number of hydrogen-bond donors (Lipinski definition) is 1. The molecule has 136 valence electrons. The fraction of sp³-hybridized carbons (Fsp3) is 0.571. The van der Waals surface area contributed by atoms with E-state index in [0.717, 1.165) is 51.9 Å². The van der Waals surface area contributed by atoms with Crippen LogP contribution in [0.3, 0.4) is 0 Å². The molecule has 0 aromatic heterocycles. The van der Waals surface area contributed by atoms with E-state index in [2.05, 4.69) is 66.7 Å². The Morgan fingerprint density at radius 3 is 2.64 bits per heavy atom. The van der Waals surface area contributed by atoms with Gasteiger partial charge in [0, 0.05) is 18.5 Å². The summed E-state index contributed by atoms with van der Waals surface area (Å²) in [5.41, 5.74) is 1.41. The molecule has 0 aliphatic carbocycles. The molecule has 0 bridgehead atoms. The number of nitrogens with one attached hydrogen (secondary N) is 1. The van der Waals surface area contributed by atoms with Crippen LogP contribution >= 0.6 is 0 Å². The van der Waals surface area contributed by atoms with E-state index >= 15 is 0 Å². The Hall–Kier alpha value is -1.81. The van der Waals surface area contributed by atoms with Gasteiger partial charge in [0.25, 0.3) is 0 Å². The zero-order chi connectivity index (χ0) is 17.7. The number of rotatable bonds is 5. The molecular formula is C21H31N3O. The van der Waals surface area contributed by atoms with E-state index in [1.54, 1.807) is 0 Å². The van der Waals surface area contributed by atoms with Crippen LogP contribution in [0, 0.1) is 0 Å². The summed E-state index contributed by atoms with van der Waals surface area (Å²) in [4.78, 5) is 17.1. The molecule has 2 heterocycles. The molecule has 25 heavy (non-hydrogen) atoms. The van der Waals surface area contributed by atoms with E-state index in [9.17, 15) is 4.79 Å². The van der Waals surface area contributed by atoms with E-state index in [-0.39, 0.29) is 17.5 Å². The van der Waals surface area contributed by atoms with Crippen LogP contribution in [0.1, 0.15) is 38.2 Å². The zero-order valence-electron chi connectivity index (χ0n) is 15.6. The summed E-state index contributed by atoms with van der Waals surface area (Å²) >= 11 is 0. The van der Waals surface area contributed by atoms with Crippen molar-refractivity contribution in [2.75, 3.05) is 33.2 Å². The molecule has 4 nitrogen and oxygen atoms in total. The Kier molecular flexibility index (Phi) is 5.79. The average molecular weight is 341 g/mol. The SMILES string of the molecule is CCCC1C=CCN1C(=O)NCC1(c2ccccc2)CCN(C)CC1. The molecule has 4 heteroatoms. The van der Waals surface area contributed by atoms with Gasteiger partial charge >= 0.3 is 6.03 Å². The van der Waals surface area contributed by atoms with Gasteiger partial charge in [-0.1, -0.05) is 55.8 Å². The summed E-state index contributed by atoms with van der Waals surface area (Å²) in [7, 11) is 2.18. The maximum Gasteiger partial charge on any atom is 0.318 e.